The summed E-state index contributed by atoms with van der Waals surface area (Å²) >= 11 is 0. The highest BCUT2D eigenvalue weighted by atomic mass is 16.6. The Morgan fingerprint density at radius 1 is 1.18 bits per heavy atom. The van der Waals surface area contributed by atoms with Crippen LogP contribution in [0.5, 0.6) is 0 Å². The van der Waals surface area contributed by atoms with E-state index in [4.69, 9.17) is 4.74 Å². The van der Waals surface area contributed by atoms with Crippen molar-refractivity contribution in [1.29, 1.82) is 0 Å². The summed E-state index contributed by atoms with van der Waals surface area (Å²) < 4.78 is 9.54. The van der Waals surface area contributed by atoms with E-state index in [9.17, 15) is 9.59 Å². The van der Waals surface area contributed by atoms with Crippen molar-refractivity contribution in [3.05, 3.63) is 0 Å². The van der Waals surface area contributed by atoms with Gasteiger partial charge < -0.3 is 9.47 Å². The summed E-state index contributed by atoms with van der Waals surface area (Å²) in [5.41, 5.74) is 0.690. The predicted octanol–water partition coefficient (Wildman–Crippen LogP) is 1.70. The number of hydrazone groups is 1. The van der Waals surface area contributed by atoms with Gasteiger partial charge >= 0.3 is 12.1 Å². The second-order valence-electron chi connectivity index (χ2n) is 5.09. The van der Waals surface area contributed by atoms with Gasteiger partial charge in [-0.2, -0.15) is 5.10 Å². The van der Waals surface area contributed by atoms with Crippen molar-refractivity contribution in [3.63, 3.8) is 0 Å². The number of hydrogen-bond acceptors (Lipinski definition) is 5. The summed E-state index contributed by atoms with van der Waals surface area (Å²) in [6, 6.07) is 0. The molecule has 0 radical (unpaired) electrons. The van der Waals surface area contributed by atoms with Crippen LogP contribution in [0.15, 0.2) is 5.10 Å². The molecular weight excluding hydrogens is 224 g/mol. The van der Waals surface area contributed by atoms with Gasteiger partial charge in [0.2, 0.25) is 0 Å². The van der Waals surface area contributed by atoms with Gasteiger partial charge in [-0.15, -0.1) is 0 Å². The van der Waals surface area contributed by atoms with E-state index >= 15 is 0 Å². The van der Waals surface area contributed by atoms with Gasteiger partial charge in [0.15, 0.2) is 0 Å². The Labute approximate surface area is 101 Å². The molecule has 0 spiro atoms. The lowest BCUT2D eigenvalue weighted by Gasteiger charge is -2.19. The summed E-state index contributed by atoms with van der Waals surface area (Å²) in [6.45, 7) is 8.48. The second kappa shape index (κ2) is 5.65. The first-order valence-electron chi connectivity index (χ1n) is 5.20. The van der Waals surface area contributed by atoms with Crippen LogP contribution in [0.4, 0.5) is 4.79 Å². The Kier molecular flexibility index (Phi) is 5.12. The lowest BCUT2D eigenvalue weighted by atomic mass is 9.96. The molecule has 1 amide bonds. The summed E-state index contributed by atoms with van der Waals surface area (Å²) in [4.78, 5) is 22.5. The number of nitrogens with zero attached hydrogens (tertiary/aromatic N) is 1. The lowest BCUT2D eigenvalue weighted by Crippen LogP contribution is -2.32. The third kappa shape index (κ3) is 6.55. The van der Waals surface area contributed by atoms with E-state index in [-0.39, 0.29) is 0 Å². The van der Waals surface area contributed by atoms with E-state index in [1.54, 1.807) is 34.6 Å². The van der Waals surface area contributed by atoms with E-state index < -0.39 is 23.1 Å². The van der Waals surface area contributed by atoms with E-state index in [1.807, 2.05) is 0 Å². The number of esters is 1. The van der Waals surface area contributed by atoms with Crippen molar-refractivity contribution in [3.8, 4) is 0 Å². The highest BCUT2D eigenvalue weighted by Crippen LogP contribution is 2.13. The maximum Gasteiger partial charge on any atom is 0.428 e. The summed E-state index contributed by atoms with van der Waals surface area (Å²) in [7, 11) is 1.29. The van der Waals surface area contributed by atoms with Gasteiger partial charge in [-0.05, 0) is 34.6 Å². The fraction of sp³-hybridized carbons (Fsp3) is 0.727. The monoisotopic (exact) mass is 244 g/mol. The number of carbonyl (C=O) groups excluding carboxylic acids is 2. The minimum atomic E-state index is -0.899. The van der Waals surface area contributed by atoms with E-state index in [1.165, 1.54) is 13.3 Å². The smallest absolute Gasteiger partial charge is 0.428 e. The van der Waals surface area contributed by atoms with E-state index in [0.717, 1.165) is 0 Å². The highest BCUT2D eigenvalue weighted by molar-refractivity contribution is 5.94. The zero-order valence-electron chi connectivity index (χ0n) is 11.2. The largest absolute Gasteiger partial charge is 0.468 e. The molecule has 0 aliphatic rings. The molecule has 0 aliphatic carbocycles. The van der Waals surface area contributed by atoms with Crippen molar-refractivity contribution < 1.29 is 19.1 Å². The molecule has 0 saturated carbocycles. The number of methoxy groups -OCH3 is 1. The van der Waals surface area contributed by atoms with Crippen LogP contribution in [0.1, 0.15) is 34.6 Å². The molecule has 17 heavy (non-hydrogen) atoms. The molecule has 0 bridgehead atoms. The molecule has 1 N–H and O–H groups in total. The predicted molar refractivity (Wildman–Crippen MR) is 63.7 cm³/mol. The fourth-order valence-corrected chi connectivity index (χ4v) is 0.863. The fourth-order valence-electron chi connectivity index (χ4n) is 0.863. The maximum absolute atomic E-state index is 11.3. The Bertz CT molecular complexity index is 316. The number of carbonyl (C=O) groups is 2. The molecule has 0 heterocycles. The van der Waals surface area contributed by atoms with Crippen LogP contribution in [0.3, 0.4) is 0 Å². The van der Waals surface area contributed by atoms with Crippen LogP contribution >= 0.6 is 0 Å². The number of hydrogen-bond donors (Lipinski definition) is 1. The Morgan fingerprint density at radius 3 is 2.12 bits per heavy atom. The number of nitrogens with one attached hydrogen (secondary N) is 1. The van der Waals surface area contributed by atoms with Gasteiger partial charge in [-0.25, -0.2) is 10.2 Å². The Morgan fingerprint density at radius 2 is 1.71 bits per heavy atom. The van der Waals surface area contributed by atoms with Gasteiger partial charge in [-0.1, -0.05) is 0 Å². The normalized spacial score (nSPS) is 12.4. The van der Waals surface area contributed by atoms with Gasteiger partial charge in [0.05, 0.1) is 12.5 Å². The number of rotatable bonds is 3. The van der Waals surface area contributed by atoms with Gasteiger partial charge in [-0.3, -0.25) is 4.79 Å². The highest BCUT2D eigenvalue weighted by Gasteiger charge is 2.26. The van der Waals surface area contributed by atoms with Crippen LogP contribution < -0.4 is 5.43 Å². The third-order valence-corrected chi connectivity index (χ3v) is 1.65. The molecule has 98 valence electrons. The summed E-state index contributed by atoms with van der Waals surface area (Å²) in [5.74, 6) is -0.438. The molecule has 0 fully saturated rings. The first kappa shape index (κ1) is 15.4. The van der Waals surface area contributed by atoms with Crippen LogP contribution in [-0.2, 0) is 14.3 Å². The minimum absolute atomic E-state index is 0.438. The molecule has 6 nitrogen and oxygen atoms in total. The van der Waals surface area contributed by atoms with Crippen molar-refractivity contribution in [2.45, 2.75) is 40.2 Å². The van der Waals surface area contributed by atoms with E-state index in [2.05, 4.69) is 15.3 Å². The zero-order valence-corrected chi connectivity index (χ0v) is 11.2. The molecule has 0 atom stereocenters. The molecule has 0 aromatic rings. The molecule has 0 unspecified atom stereocenters. The van der Waals surface area contributed by atoms with Gasteiger partial charge in [0, 0.05) is 6.21 Å². The topological polar surface area (TPSA) is 77.0 Å². The molecule has 0 rings (SSSR count). The van der Waals surface area contributed by atoms with Crippen molar-refractivity contribution in [2.75, 3.05) is 7.11 Å². The molecule has 0 saturated heterocycles. The summed E-state index contributed by atoms with van der Waals surface area (Å²) in [5, 5.41) is 3.65. The standard InChI is InChI=1S/C11H20N2O4/c1-10(2,3)17-9(15)13-12-7-11(4,5)8(14)16-6/h7H,1-6H3,(H,13,15). The molecule has 0 aromatic heterocycles. The van der Waals surface area contributed by atoms with Gasteiger partial charge in [0.25, 0.3) is 0 Å². The maximum atomic E-state index is 11.3. The minimum Gasteiger partial charge on any atom is -0.468 e. The number of amides is 1. The molecule has 6 heteroatoms. The van der Waals surface area contributed by atoms with Crippen LogP contribution in [0.2, 0.25) is 0 Å². The van der Waals surface area contributed by atoms with Crippen molar-refractivity contribution >= 4 is 18.3 Å². The zero-order chi connectivity index (χ0) is 13.7. The molecule has 0 aliphatic heterocycles. The SMILES string of the molecule is COC(=O)C(C)(C)C=NNC(=O)OC(C)(C)C. The Balaban J connectivity index is 4.29. The average molecular weight is 244 g/mol. The van der Waals surface area contributed by atoms with E-state index in [0.29, 0.717) is 0 Å². The number of ether oxygens (including phenoxy) is 2. The van der Waals surface area contributed by atoms with Crippen molar-refractivity contribution in [1.82, 2.24) is 5.43 Å². The lowest BCUT2D eigenvalue weighted by molar-refractivity contribution is -0.146. The third-order valence-electron chi connectivity index (χ3n) is 1.65. The van der Waals surface area contributed by atoms with Gasteiger partial charge in [0.1, 0.15) is 5.60 Å². The first-order chi connectivity index (χ1) is 7.58. The Hall–Kier alpha value is -1.59. The first-order valence-corrected chi connectivity index (χ1v) is 5.20. The molecular formula is C11H20N2O4. The van der Waals surface area contributed by atoms with Crippen molar-refractivity contribution in [2.24, 2.45) is 10.5 Å². The quantitative estimate of drug-likeness (QED) is 0.465. The second-order valence-corrected chi connectivity index (χ2v) is 5.09. The summed E-state index contributed by atoms with van der Waals surface area (Å²) in [6.07, 6.45) is 0.623. The molecule has 0 aromatic carbocycles. The average Bonchev–Trinajstić information content (AvgIpc) is 2.13. The van der Waals surface area contributed by atoms with Crippen LogP contribution in [-0.4, -0.2) is 31.0 Å². The van der Waals surface area contributed by atoms with Crippen LogP contribution in [0.25, 0.3) is 0 Å². The van der Waals surface area contributed by atoms with Crippen LogP contribution in [0, 0.1) is 5.41 Å².